The summed E-state index contributed by atoms with van der Waals surface area (Å²) in [5.74, 6) is 1.92. The maximum Gasteiger partial charge on any atom is 0.255 e. The van der Waals surface area contributed by atoms with Gasteiger partial charge in [0.05, 0.1) is 34.2 Å². The zero-order valence-corrected chi connectivity index (χ0v) is 22.5. The summed E-state index contributed by atoms with van der Waals surface area (Å²) in [5, 5.41) is 0.388. The lowest BCUT2D eigenvalue weighted by molar-refractivity contribution is 0.0618. The van der Waals surface area contributed by atoms with E-state index in [4.69, 9.17) is 21.8 Å². The van der Waals surface area contributed by atoms with Crippen LogP contribution in [-0.2, 0) is 13.0 Å². The molecule has 5 rings (SSSR count). The summed E-state index contributed by atoms with van der Waals surface area (Å²) in [6.45, 7) is 9.23. The molecule has 1 aliphatic rings. The van der Waals surface area contributed by atoms with E-state index >= 15 is 0 Å². The van der Waals surface area contributed by atoms with Crippen molar-refractivity contribution in [3.05, 3.63) is 76.5 Å². The number of nitrogen functional groups attached to an aromatic ring is 1. The van der Waals surface area contributed by atoms with E-state index < -0.39 is 0 Å². The monoisotopic (exact) mass is 531 g/mol. The Balaban J connectivity index is 1.33. The number of hydrogen-bond donors (Lipinski definition) is 1. The van der Waals surface area contributed by atoms with Crippen LogP contribution in [0.5, 0.6) is 0 Å². The number of nitrogens with two attached hydrogens (primary N) is 1. The van der Waals surface area contributed by atoms with Crippen LogP contribution in [0.2, 0.25) is 5.02 Å². The summed E-state index contributed by atoms with van der Waals surface area (Å²) in [5.41, 5.74) is 11.4. The van der Waals surface area contributed by atoms with Crippen LogP contribution in [-0.4, -0.2) is 61.8 Å². The third kappa shape index (κ3) is 5.25. The van der Waals surface area contributed by atoms with Crippen molar-refractivity contribution in [2.45, 2.75) is 33.7 Å². The lowest BCUT2D eigenvalue weighted by Gasteiger charge is -2.34. The van der Waals surface area contributed by atoms with Gasteiger partial charge in [0, 0.05) is 49.1 Å². The van der Waals surface area contributed by atoms with Gasteiger partial charge in [-0.15, -0.1) is 0 Å². The number of oxazole rings is 1. The number of pyridine rings is 1. The third-order valence-corrected chi connectivity index (χ3v) is 7.21. The Hall–Kier alpha value is -3.82. The molecule has 1 aliphatic heterocycles. The number of amides is 1. The maximum atomic E-state index is 13.3. The number of nitrogens with zero attached hydrogens (tertiary/aromatic N) is 6. The molecule has 196 valence electrons. The summed E-state index contributed by atoms with van der Waals surface area (Å²) in [4.78, 5) is 35.2. The summed E-state index contributed by atoms with van der Waals surface area (Å²) < 4.78 is 5.71. The fraction of sp³-hybridized carbons (Fsp3) is 0.321. The van der Waals surface area contributed by atoms with Gasteiger partial charge >= 0.3 is 0 Å². The average molecular weight is 532 g/mol. The molecule has 9 nitrogen and oxygen atoms in total. The summed E-state index contributed by atoms with van der Waals surface area (Å²) in [7, 11) is 0. The molecule has 0 atom stereocenters. The molecule has 1 saturated heterocycles. The molecular formula is C28H30ClN7O2. The van der Waals surface area contributed by atoms with Crippen LogP contribution in [0, 0.1) is 13.8 Å². The van der Waals surface area contributed by atoms with E-state index in [1.165, 1.54) is 0 Å². The van der Waals surface area contributed by atoms with Gasteiger partial charge in [0.15, 0.2) is 0 Å². The van der Waals surface area contributed by atoms with Crippen molar-refractivity contribution in [1.29, 1.82) is 0 Å². The van der Waals surface area contributed by atoms with Gasteiger partial charge in [-0.25, -0.2) is 19.9 Å². The largest absolute Gasteiger partial charge is 0.444 e. The number of hydrogen-bond acceptors (Lipinski definition) is 8. The molecule has 0 aliphatic carbocycles. The Morgan fingerprint density at radius 2 is 1.82 bits per heavy atom. The van der Waals surface area contributed by atoms with Gasteiger partial charge in [-0.05, 0) is 44.5 Å². The van der Waals surface area contributed by atoms with E-state index in [0.29, 0.717) is 41.9 Å². The number of halogens is 1. The highest BCUT2D eigenvalue weighted by atomic mass is 35.5. The quantitative estimate of drug-likeness (QED) is 0.385. The minimum atomic E-state index is -0.0797. The molecule has 0 saturated carbocycles. The van der Waals surface area contributed by atoms with Crippen LogP contribution in [0.4, 0.5) is 5.82 Å². The number of anilines is 1. The summed E-state index contributed by atoms with van der Waals surface area (Å²) in [6, 6.07) is 9.14. The minimum absolute atomic E-state index is 0.0797. The van der Waals surface area contributed by atoms with Gasteiger partial charge in [0.25, 0.3) is 5.91 Å². The number of benzene rings is 1. The predicted octanol–water partition coefficient (Wildman–Crippen LogP) is 4.57. The molecule has 1 fully saturated rings. The first-order valence-electron chi connectivity index (χ1n) is 12.6. The topological polar surface area (TPSA) is 114 Å². The highest BCUT2D eigenvalue weighted by molar-refractivity contribution is 6.34. The Bertz CT molecular complexity index is 1440. The molecule has 2 N–H and O–H groups in total. The Morgan fingerprint density at radius 1 is 1.05 bits per heavy atom. The van der Waals surface area contributed by atoms with Crippen molar-refractivity contribution in [1.82, 2.24) is 29.7 Å². The zero-order chi connectivity index (χ0) is 26.8. The lowest BCUT2D eigenvalue weighted by Crippen LogP contribution is -2.48. The Labute approximate surface area is 226 Å². The maximum absolute atomic E-state index is 13.3. The molecule has 0 spiro atoms. The van der Waals surface area contributed by atoms with Crippen LogP contribution in [0.1, 0.15) is 40.3 Å². The van der Waals surface area contributed by atoms with E-state index in [2.05, 4.69) is 24.8 Å². The Kier molecular flexibility index (Phi) is 7.40. The number of carbonyl (C=O) groups is 1. The SMILES string of the molecule is CCc1ncnc(-c2ccc(C(=O)N3CCN(Cc4nc(C)c(C)o4)CC3)c(Cl)c2)c1-c1ccc(N)nc1. The molecule has 4 aromatic rings. The summed E-state index contributed by atoms with van der Waals surface area (Å²) >= 11 is 6.69. The zero-order valence-electron chi connectivity index (χ0n) is 21.7. The number of carbonyl (C=O) groups excluding carboxylic acids is 1. The number of rotatable bonds is 6. The van der Waals surface area contributed by atoms with E-state index in [1.54, 1.807) is 30.7 Å². The Morgan fingerprint density at radius 3 is 2.45 bits per heavy atom. The van der Waals surface area contributed by atoms with Gasteiger partial charge in [0.1, 0.15) is 17.9 Å². The average Bonchev–Trinajstić information content (AvgIpc) is 3.24. The third-order valence-electron chi connectivity index (χ3n) is 6.90. The first-order chi connectivity index (χ1) is 18.3. The minimum Gasteiger partial charge on any atom is -0.444 e. The van der Waals surface area contributed by atoms with Crippen molar-refractivity contribution >= 4 is 23.3 Å². The molecular weight excluding hydrogens is 502 g/mol. The first-order valence-corrected chi connectivity index (χ1v) is 13.0. The van der Waals surface area contributed by atoms with E-state index in [0.717, 1.165) is 59.0 Å². The van der Waals surface area contributed by atoms with Gasteiger partial charge in [-0.3, -0.25) is 9.69 Å². The number of aromatic nitrogens is 4. The van der Waals surface area contributed by atoms with E-state index in [-0.39, 0.29) is 5.91 Å². The van der Waals surface area contributed by atoms with E-state index in [1.807, 2.05) is 37.8 Å². The van der Waals surface area contributed by atoms with Crippen molar-refractivity contribution in [3.8, 4) is 22.4 Å². The number of piperazine rings is 1. The molecule has 10 heteroatoms. The van der Waals surface area contributed by atoms with Gasteiger partial charge in [-0.2, -0.15) is 0 Å². The molecule has 1 aromatic carbocycles. The second-order valence-corrected chi connectivity index (χ2v) is 9.79. The van der Waals surface area contributed by atoms with E-state index in [9.17, 15) is 4.79 Å². The lowest BCUT2D eigenvalue weighted by atomic mass is 9.97. The van der Waals surface area contributed by atoms with Crippen LogP contribution in [0.3, 0.4) is 0 Å². The normalized spacial score (nSPS) is 14.2. The molecule has 1 amide bonds. The number of aryl methyl sites for hydroxylation is 3. The first kappa shape index (κ1) is 25.8. The van der Waals surface area contributed by atoms with Crippen LogP contribution >= 0.6 is 11.6 Å². The molecule has 4 heterocycles. The molecule has 0 unspecified atom stereocenters. The second-order valence-electron chi connectivity index (χ2n) is 9.38. The fourth-order valence-electron chi connectivity index (χ4n) is 4.68. The molecule has 38 heavy (non-hydrogen) atoms. The van der Waals surface area contributed by atoms with Crippen LogP contribution in [0.15, 0.2) is 47.3 Å². The van der Waals surface area contributed by atoms with Crippen molar-refractivity contribution in [2.24, 2.45) is 0 Å². The predicted molar refractivity (Wildman–Crippen MR) is 147 cm³/mol. The van der Waals surface area contributed by atoms with Gasteiger partial charge < -0.3 is 15.1 Å². The van der Waals surface area contributed by atoms with Gasteiger partial charge in [0.2, 0.25) is 5.89 Å². The highest BCUT2D eigenvalue weighted by Crippen LogP contribution is 2.34. The highest BCUT2D eigenvalue weighted by Gasteiger charge is 2.25. The van der Waals surface area contributed by atoms with Gasteiger partial charge in [-0.1, -0.05) is 24.6 Å². The fourth-order valence-corrected chi connectivity index (χ4v) is 4.94. The molecule has 3 aromatic heterocycles. The van der Waals surface area contributed by atoms with Crippen molar-refractivity contribution < 1.29 is 9.21 Å². The van der Waals surface area contributed by atoms with Crippen LogP contribution in [0.25, 0.3) is 22.4 Å². The second kappa shape index (κ2) is 10.9. The van der Waals surface area contributed by atoms with Crippen molar-refractivity contribution in [3.63, 3.8) is 0 Å². The molecule has 0 radical (unpaired) electrons. The van der Waals surface area contributed by atoms with Crippen molar-refractivity contribution in [2.75, 3.05) is 31.9 Å². The summed E-state index contributed by atoms with van der Waals surface area (Å²) in [6.07, 6.45) is 4.00. The standard InChI is InChI=1S/C28H30ClN7O2/c1-4-23-26(20-6-8-24(30)31-14-20)27(33-16-32-23)19-5-7-21(22(29)13-19)28(37)36-11-9-35(10-12-36)15-25-34-17(2)18(3)38-25/h5-8,13-14,16H,4,9-12,15H2,1-3H3,(H2,30,31). The molecule has 0 bridgehead atoms. The smallest absolute Gasteiger partial charge is 0.255 e. The van der Waals surface area contributed by atoms with Crippen LogP contribution < -0.4 is 5.73 Å².